The maximum Gasteiger partial charge on any atom is 0.128 e. The number of rotatable bonds is 4. The molecule has 0 saturated heterocycles. The molecular formula is C16H18N2OS. The van der Waals surface area contributed by atoms with Crippen LogP contribution in [0.3, 0.4) is 0 Å². The number of nitrogens with two attached hydrogens (primary N) is 1. The molecule has 1 aromatic carbocycles. The third kappa shape index (κ3) is 2.50. The average molecular weight is 286 g/mol. The zero-order valence-electron chi connectivity index (χ0n) is 12.0. The summed E-state index contributed by atoms with van der Waals surface area (Å²) in [5.41, 5.74) is 9.99. The molecule has 0 atom stereocenters. The van der Waals surface area contributed by atoms with Gasteiger partial charge in [0.2, 0.25) is 0 Å². The first-order chi connectivity index (χ1) is 9.62. The molecular weight excluding hydrogens is 268 g/mol. The first-order valence-electron chi connectivity index (χ1n) is 6.58. The van der Waals surface area contributed by atoms with Crippen LogP contribution in [-0.2, 0) is 6.42 Å². The second-order valence-electron chi connectivity index (χ2n) is 4.72. The summed E-state index contributed by atoms with van der Waals surface area (Å²) in [5, 5.41) is 9.20. The molecule has 20 heavy (non-hydrogen) atoms. The summed E-state index contributed by atoms with van der Waals surface area (Å²) in [6.07, 6.45) is 1.86. The van der Waals surface area contributed by atoms with Crippen molar-refractivity contribution in [3.63, 3.8) is 0 Å². The van der Waals surface area contributed by atoms with Crippen LogP contribution in [0.4, 0.5) is 5.69 Å². The summed E-state index contributed by atoms with van der Waals surface area (Å²) in [7, 11) is 1.66. The van der Waals surface area contributed by atoms with Gasteiger partial charge in [-0.15, -0.1) is 11.3 Å². The predicted molar refractivity (Wildman–Crippen MR) is 84.2 cm³/mol. The molecule has 104 valence electrons. The highest BCUT2D eigenvalue weighted by Gasteiger charge is 2.19. The van der Waals surface area contributed by atoms with E-state index >= 15 is 0 Å². The highest BCUT2D eigenvalue weighted by atomic mass is 32.1. The Labute approximate surface area is 123 Å². The Bertz CT molecular complexity index is 668. The minimum absolute atomic E-state index is 0.590. The second-order valence-corrected chi connectivity index (χ2v) is 5.74. The number of nitriles is 1. The predicted octanol–water partition coefficient (Wildman–Crippen LogP) is 4.14. The van der Waals surface area contributed by atoms with Crippen LogP contribution in [-0.4, -0.2) is 7.11 Å². The zero-order chi connectivity index (χ0) is 14.7. The van der Waals surface area contributed by atoms with Gasteiger partial charge in [0.15, 0.2) is 0 Å². The molecule has 0 radical (unpaired) electrons. The lowest BCUT2D eigenvalue weighted by molar-refractivity contribution is 0.416. The van der Waals surface area contributed by atoms with Crippen molar-refractivity contribution in [2.45, 2.75) is 26.7 Å². The molecule has 0 aliphatic heterocycles. The Morgan fingerprint density at radius 1 is 1.40 bits per heavy atom. The van der Waals surface area contributed by atoms with Crippen LogP contribution in [0.15, 0.2) is 18.2 Å². The van der Waals surface area contributed by atoms with Gasteiger partial charge in [-0.1, -0.05) is 25.0 Å². The van der Waals surface area contributed by atoms with E-state index < -0.39 is 0 Å². The van der Waals surface area contributed by atoms with Crippen molar-refractivity contribution < 1.29 is 4.74 Å². The molecule has 0 amide bonds. The molecule has 0 aliphatic carbocycles. The van der Waals surface area contributed by atoms with Crippen molar-refractivity contribution in [2.75, 3.05) is 12.8 Å². The van der Waals surface area contributed by atoms with Crippen LogP contribution >= 0.6 is 11.3 Å². The van der Waals surface area contributed by atoms with E-state index in [1.165, 1.54) is 11.3 Å². The van der Waals surface area contributed by atoms with Crippen molar-refractivity contribution in [3.8, 4) is 22.3 Å². The SMILES string of the molecule is CCCc1c(-c2cc(C)ccc2OC)sc(C#N)c1N. The summed E-state index contributed by atoms with van der Waals surface area (Å²) in [6.45, 7) is 4.16. The van der Waals surface area contributed by atoms with E-state index in [1.54, 1.807) is 7.11 Å². The van der Waals surface area contributed by atoms with Crippen LogP contribution in [0.5, 0.6) is 5.75 Å². The summed E-state index contributed by atoms with van der Waals surface area (Å²) < 4.78 is 5.45. The lowest BCUT2D eigenvalue weighted by Crippen LogP contribution is -1.94. The number of thiophene rings is 1. The van der Waals surface area contributed by atoms with Crippen molar-refractivity contribution in [1.29, 1.82) is 5.26 Å². The second kappa shape index (κ2) is 5.98. The summed E-state index contributed by atoms with van der Waals surface area (Å²) in [5.74, 6) is 0.818. The summed E-state index contributed by atoms with van der Waals surface area (Å²) in [4.78, 5) is 1.65. The molecule has 0 unspecified atom stereocenters. The van der Waals surface area contributed by atoms with Gasteiger partial charge >= 0.3 is 0 Å². The number of methoxy groups -OCH3 is 1. The van der Waals surface area contributed by atoms with E-state index in [0.29, 0.717) is 10.6 Å². The van der Waals surface area contributed by atoms with Crippen LogP contribution < -0.4 is 10.5 Å². The Hall–Kier alpha value is -1.99. The first-order valence-corrected chi connectivity index (χ1v) is 7.40. The quantitative estimate of drug-likeness (QED) is 0.919. The fraction of sp³-hybridized carbons (Fsp3) is 0.312. The van der Waals surface area contributed by atoms with Gasteiger partial charge in [0.05, 0.1) is 12.8 Å². The van der Waals surface area contributed by atoms with Crippen molar-refractivity contribution in [3.05, 3.63) is 34.2 Å². The maximum absolute atomic E-state index is 9.20. The molecule has 1 heterocycles. The standard InChI is InChI=1S/C16H18N2OS/c1-4-5-11-15(18)14(9-17)20-16(11)12-8-10(2)6-7-13(12)19-3/h6-8H,4-5,18H2,1-3H3. The van der Waals surface area contributed by atoms with Crippen LogP contribution in [0.1, 0.15) is 29.3 Å². The largest absolute Gasteiger partial charge is 0.496 e. The van der Waals surface area contributed by atoms with Gasteiger partial charge in [-0.2, -0.15) is 5.26 Å². The smallest absolute Gasteiger partial charge is 0.128 e. The molecule has 0 fully saturated rings. The van der Waals surface area contributed by atoms with Crippen molar-refractivity contribution in [2.24, 2.45) is 0 Å². The lowest BCUT2D eigenvalue weighted by atomic mass is 10.0. The molecule has 4 heteroatoms. The van der Waals surface area contributed by atoms with Crippen molar-refractivity contribution in [1.82, 2.24) is 0 Å². The molecule has 1 aromatic heterocycles. The van der Waals surface area contributed by atoms with Gasteiger partial charge < -0.3 is 10.5 Å². The van der Waals surface area contributed by atoms with Gasteiger partial charge in [0, 0.05) is 10.4 Å². The Kier molecular flexibility index (Phi) is 4.31. The number of nitrogen functional groups attached to an aromatic ring is 1. The topological polar surface area (TPSA) is 59.0 Å². The maximum atomic E-state index is 9.20. The van der Waals surface area contributed by atoms with Gasteiger partial charge in [0.1, 0.15) is 16.7 Å². The van der Waals surface area contributed by atoms with Crippen LogP contribution in [0.2, 0.25) is 0 Å². The van der Waals surface area contributed by atoms with Gasteiger partial charge in [-0.3, -0.25) is 0 Å². The van der Waals surface area contributed by atoms with E-state index in [9.17, 15) is 5.26 Å². The number of ether oxygens (including phenoxy) is 1. The molecule has 0 aliphatic rings. The Balaban J connectivity index is 2.69. The van der Waals surface area contributed by atoms with Crippen LogP contribution in [0.25, 0.3) is 10.4 Å². The molecule has 2 aromatic rings. The third-order valence-electron chi connectivity index (χ3n) is 3.25. The van der Waals surface area contributed by atoms with Gasteiger partial charge in [-0.25, -0.2) is 0 Å². The number of nitrogens with zero attached hydrogens (tertiary/aromatic N) is 1. The van der Waals surface area contributed by atoms with Gasteiger partial charge in [0.25, 0.3) is 0 Å². The molecule has 0 bridgehead atoms. The third-order valence-corrected chi connectivity index (χ3v) is 4.43. The highest BCUT2D eigenvalue weighted by molar-refractivity contribution is 7.16. The Morgan fingerprint density at radius 3 is 2.75 bits per heavy atom. The van der Waals surface area contributed by atoms with E-state index in [0.717, 1.165) is 40.2 Å². The fourth-order valence-electron chi connectivity index (χ4n) is 2.28. The summed E-state index contributed by atoms with van der Waals surface area (Å²) >= 11 is 1.45. The monoisotopic (exact) mass is 286 g/mol. The highest BCUT2D eigenvalue weighted by Crippen LogP contribution is 2.43. The minimum atomic E-state index is 0.590. The average Bonchev–Trinajstić information content (AvgIpc) is 2.76. The van der Waals surface area contributed by atoms with E-state index in [-0.39, 0.29) is 0 Å². The molecule has 0 spiro atoms. The number of hydrogen-bond acceptors (Lipinski definition) is 4. The summed E-state index contributed by atoms with van der Waals surface area (Å²) in [6, 6.07) is 8.26. The number of anilines is 1. The van der Waals surface area contributed by atoms with E-state index in [2.05, 4.69) is 19.1 Å². The van der Waals surface area contributed by atoms with E-state index in [1.807, 2.05) is 19.1 Å². The van der Waals surface area contributed by atoms with E-state index in [4.69, 9.17) is 10.5 Å². The Morgan fingerprint density at radius 2 is 2.15 bits per heavy atom. The minimum Gasteiger partial charge on any atom is -0.496 e. The zero-order valence-corrected chi connectivity index (χ0v) is 12.8. The van der Waals surface area contributed by atoms with Crippen LogP contribution in [0, 0.1) is 18.3 Å². The van der Waals surface area contributed by atoms with Crippen molar-refractivity contribution >= 4 is 17.0 Å². The number of aryl methyl sites for hydroxylation is 1. The number of hydrogen-bond donors (Lipinski definition) is 1. The fourth-order valence-corrected chi connectivity index (χ4v) is 3.36. The lowest BCUT2D eigenvalue weighted by Gasteiger charge is -2.10. The molecule has 2 N–H and O–H groups in total. The molecule has 0 saturated carbocycles. The molecule has 2 rings (SSSR count). The normalized spacial score (nSPS) is 10.3. The number of benzene rings is 1. The van der Waals surface area contributed by atoms with Gasteiger partial charge in [-0.05, 0) is 31.0 Å². The molecule has 3 nitrogen and oxygen atoms in total. The first kappa shape index (κ1) is 14.4.